The maximum absolute atomic E-state index is 11.1. The molecule has 0 fully saturated rings. The fraction of sp³-hybridized carbons (Fsp3) is 0. The van der Waals surface area contributed by atoms with Crippen molar-refractivity contribution in [1.29, 1.82) is 0 Å². The Morgan fingerprint density at radius 2 is 1.56 bits per heavy atom. The molecule has 1 unspecified atom stereocenters. The largest absolute Gasteiger partial charge is 0.790 e. The molecule has 0 rings (SSSR count). The Hall–Kier alpha value is 0.230. The number of rotatable bonds is 2. The van der Waals surface area contributed by atoms with E-state index < -0.39 is 15.7 Å². The standard InChI is InChI=1S/FH3O6P2/c1-8(2,3)7-9(4,5)6/h(H,2,3)(H2,4,5,6)/p-3. The lowest BCUT2D eigenvalue weighted by molar-refractivity contribution is -0.338. The van der Waals surface area contributed by atoms with Crippen molar-refractivity contribution in [2.45, 2.75) is 0 Å². The number of halogens is 1. The highest BCUT2D eigenvalue weighted by Crippen LogP contribution is 2.50. The molecule has 6 nitrogen and oxygen atoms in total. The second kappa shape index (κ2) is 2.46. The molecule has 1 atom stereocenters. The van der Waals surface area contributed by atoms with Gasteiger partial charge in [0.25, 0.3) is 0 Å². The Morgan fingerprint density at radius 3 is 1.56 bits per heavy atom. The van der Waals surface area contributed by atoms with Crippen LogP contribution in [0.5, 0.6) is 0 Å². The lowest BCUT2D eigenvalue weighted by Gasteiger charge is -2.31. The van der Waals surface area contributed by atoms with Crippen LogP contribution in [0.1, 0.15) is 0 Å². The van der Waals surface area contributed by atoms with Crippen LogP contribution in [0.4, 0.5) is 4.20 Å². The van der Waals surface area contributed by atoms with Crippen LogP contribution in [0.2, 0.25) is 0 Å². The fourth-order valence-electron chi connectivity index (χ4n) is 0.119. The van der Waals surface area contributed by atoms with E-state index in [2.05, 4.69) is 4.31 Å². The van der Waals surface area contributed by atoms with Crippen LogP contribution in [0, 0.1) is 0 Å². The maximum Gasteiger partial charge on any atom is 0.311 e. The Bertz CT molecular complexity index is 151. The Morgan fingerprint density at radius 1 is 1.22 bits per heavy atom. The highest BCUT2D eigenvalue weighted by Gasteiger charge is 2.05. The summed E-state index contributed by atoms with van der Waals surface area (Å²) in [5.74, 6) is 0. The van der Waals surface area contributed by atoms with E-state index in [4.69, 9.17) is 0 Å². The molecule has 0 heterocycles. The van der Waals surface area contributed by atoms with E-state index in [1.807, 2.05) is 0 Å². The first-order chi connectivity index (χ1) is 3.71. The molecule has 9 heteroatoms. The summed E-state index contributed by atoms with van der Waals surface area (Å²) in [5, 5.41) is 0. The first-order valence-electron chi connectivity index (χ1n) is 1.45. The molecule has 0 aromatic rings. The van der Waals surface area contributed by atoms with Crippen molar-refractivity contribution < 1.29 is 32.3 Å². The quantitative estimate of drug-likeness (QED) is 0.463. The summed E-state index contributed by atoms with van der Waals surface area (Å²) in [6, 6.07) is 0. The average molecular weight is 177 g/mol. The van der Waals surface area contributed by atoms with E-state index in [1.54, 1.807) is 0 Å². The zero-order chi connectivity index (χ0) is 7.71. The van der Waals surface area contributed by atoms with Gasteiger partial charge >= 0.3 is 7.91 Å². The Kier molecular flexibility index (Phi) is 2.52. The van der Waals surface area contributed by atoms with Gasteiger partial charge in [-0.15, -0.1) is 0 Å². The zero-order valence-corrected chi connectivity index (χ0v) is 5.51. The summed E-state index contributed by atoms with van der Waals surface area (Å²) in [6.07, 6.45) is 0. The van der Waals surface area contributed by atoms with Crippen molar-refractivity contribution >= 4 is 15.7 Å². The first kappa shape index (κ1) is 9.23. The van der Waals surface area contributed by atoms with E-state index >= 15 is 0 Å². The van der Waals surface area contributed by atoms with Crippen molar-refractivity contribution in [3.05, 3.63) is 0 Å². The predicted octanol–water partition coefficient (Wildman–Crippen LogP) is -1.73. The van der Waals surface area contributed by atoms with E-state index in [-0.39, 0.29) is 0 Å². The lowest BCUT2D eigenvalue weighted by atomic mass is 15.7. The summed E-state index contributed by atoms with van der Waals surface area (Å²) < 4.78 is 32.0. The van der Waals surface area contributed by atoms with Gasteiger partial charge in [0.1, 0.15) is 0 Å². The third kappa shape index (κ3) is 8.23. The Balaban J connectivity index is 4.07. The number of hydrogen-bond donors (Lipinski definition) is 0. The third-order valence-electron chi connectivity index (χ3n) is 0.198. The SMILES string of the molecule is O=P([O-])([O-])OP(=O)([O-])F. The molecule has 0 aromatic heterocycles. The number of hydrogen-bond acceptors (Lipinski definition) is 6. The van der Waals surface area contributed by atoms with Crippen LogP contribution in [0.3, 0.4) is 0 Å². The molecule has 0 saturated heterocycles. The van der Waals surface area contributed by atoms with Gasteiger partial charge in [0.15, 0.2) is 0 Å². The second-order valence-electron chi connectivity index (χ2n) is 0.959. The highest BCUT2D eigenvalue weighted by molar-refractivity contribution is 7.58. The van der Waals surface area contributed by atoms with Gasteiger partial charge in [0, 0.05) is 0 Å². The minimum absolute atomic E-state index is 2.40. The monoisotopic (exact) mass is 177 g/mol. The lowest BCUT2D eigenvalue weighted by Crippen LogP contribution is -2.16. The summed E-state index contributed by atoms with van der Waals surface area (Å²) in [4.78, 5) is 27.8. The topological polar surface area (TPSA) is 113 Å². The predicted molar refractivity (Wildman–Crippen MR) is 17.4 cm³/mol. The van der Waals surface area contributed by atoms with Crippen molar-refractivity contribution in [3.63, 3.8) is 0 Å². The minimum atomic E-state index is -5.93. The van der Waals surface area contributed by atoms with E-state index in [0.29, 0.717) is 0 Å². The van der Waals surface area contributed by atoms with Crippen LogP contribution in [0.25, 0.3) is 0 Å². The normalized spacial score (nSPS) is 19.1. The van der Waals surface area contributed by atoms with Crippen LogP contribution in [-0.4, -0.2) is 0 Å². The summed E-state index contributed by atoms with van der Waals surface area (Å²) in [7, 11) is -11.7. The van der Waals surface area contributed by atoms with Crippen LogP contribution in [0.15, 0.2) is 0 Å². The molecule has 0 amide bonds. The van der Waals surface area contributed by atoms with Crippen molar-refractivity contribution in [3.8, 4) is 0 Å². The van der Waals surface area contributed by atoms with Crippen LogP contribution >= 0.6 is 15.7 Å². The molecule has 0 aromatic carbocycles. The molecular weight excluding hydrogens is 177 g/mol. The van der Waals surface area contributed by atoms with Gasteiger partial charge in [-0.25, -0.2) is 0 Å². The maximum atomic E-state index is 11.1. The average Bonchev–Trinajstić information content (AvgIpc) is 1.14. The molecule has 0 saturated carbocycles. The molecule has 0 aliphatic rings. The van der Waals surface area contributed by atoms with Crippen molar-refractivity contribution in [1.82, 2.24) is 0 Å². The fourth-order valence-corrected chi connectivity index (χ4v) is 1.08. The summed E-state index contributed by atoms with van der Waals surface area (Å²) in [5.41, 5.74) is 0. The summed E-state index contributed by atoms with van der Waals surface area (Å²) in [6.45, 7) is 0. The minimum Gasteiger partial charge on any atom is -0.790 e. The summed E-state index contributed by atoms with van der Waals surface area (Å²) >= 11 is 0. The smallest absolute Gasteiger partial charge is 0.311 e. The molecule has 9 heavy (non-hydrogen) atoms. The van der Waals surface area contributed by atoms with Gasteiger partial charge in [0.05, 0.1) is 7.82 Å². The van der Waals surface area contributed by atoms with Gasteiger partial charge in [-0.1, -0.05) is 0 Å². The van der Waals surface area contributed by atoms with E-state index in [1.165, 1.54) is 0 Å². The molecule has 0 aliphatic heterocycles. The van der Waals surface area contributed by atoms with Crippen LogP contribution < -0.4 is 14.7 Å². The third-order valence-corrected chi connectivity index (χ3v) is 1.78. The molecule has 0 radical (unpaired) electrons. The van der Waals surface area contributed by atoms with Gasteiger partial charge in [0.2, 0.25) is 0 Å². The molecule has 0 bridgehead atoms. The van der Waals surface area contributed by atoms with E-state index in [9.17, 15) is 28.0 Å². The molecule has 0 aliphatic carbocycles. The molecule has 56 valence electrons. The first-order valence-corrected chi connectivity index (χ1v) is 4.34. The Labute approximate surface area is 49.2 Å². The van der Waals surface area contributed by atoms with Gasteiger partial charge < -0.3 is 19.2 Å². The molecule has 0 spiro atoms. The molecular formula is FO6P2-3. The van der Waals surface area contributed by atoms with Gasteiger partial charge in [-0.3, -0.25) is 8.88 Å². The van der Waals surface area contributed by atoms with Crippen molar-refractivity contribution in [2.24, 2.45) is 0 Å². The highest BCUT2D eigenvalue weighted by atomic mass is 31.3. The second-order valence-corrected chi connectivity index (χ2v) is 3.37. The number of phosphoric acid groups is 1. The van der Waals surface area contributed by atoms with Crippen molar-refractivity contribution in [2.75, 3.05) is 0 Å². The van der Waals surface area contributed by atoms with Gasteiger partial charge in [-0.05, 0) is 0 Å². The van der Waals surface area contributed by atoms with Crippen LogP contribution in [-0.2, 0) is 13.4 Å². The van der Waals surface area contributed by atoms with Gasteiger partial charge in [-0.2, -0.15) is 4.20 Å². The molecule has 0 N–H and O–H groups in total. The zero-order valence-electron chi connectivity index (χ0n) is 3.72. The van der Waals surface area contributed by atoms with E-state index in [0.717, 1.165) is 0 Å².